The van der Waals surface area contributed by atoms with Crippen LogP contribution in [-0.2, 0) is 0 Å². The second-order valence-corrected chi connectivity index (χ2v) is 4.31. The van der Waals surface area contributed by atoms with Crippen LogP contribution in [0.3, 0.4) is 0 Å². The molecule has 0 heterocycles. The number of hydrogen-bond donors (Lipinski definition) is 0. The normalized spacial score (nSPS) is 11.5. The number of benzene rings is 2. The minimum absolute atomic E-state index is 0.526. The van der Waals surface area contributed by atoms with E-state index in [2.05, 4.69) is 49.4 Å². The molecule has 0 bridgehead atoms. The SMILES string of the molecule is Cc1ccc(C(=CCCl)c2ccccc2)cc1. The Bertz CT molecular complexity index is 495. The van der Waals surface area contributed by atoms with Crippen molar-refractivity contribution in [2.24, 2.45) is 0 Å². The molecular formula is C16H15Cl. The molecular weight excluding hydrogens is 228 g/mol. The van der Waals surface area contributed by atoms with E-state index in [1.807, 2.05) is 18.2 Å². The maximum absolute atomic E-state index is 5.85. The Morgan fingerprint density at radius 1 is 0.941 bits per heavy atom. The highest BCUT2D eigenvalue weighted by Gasteiger charge is 2.03. The van der Waals surface area contributed by atoms with Crippen LogP contribution in [0.5, 0.6) is 0 Å². The van der Waals surface area contributed by atoms with Gasteiger partial charge in [0.1, 0.15) is 0 Å². The first kappa shape index (κ1) is 11.9. The molecule has 0 aliphatic heterocycles. The van der Waals surface area contributed by atoms with E-state index < -0.39 is 0 Å². The van der Waals surface area contributed by atoms with Crippen molar-refractivity contribution in [2.75, 3.05) is 5.88 Å². The Hall–Kier alpha value is -1.53. The summed E-state index contributed by atoms with van der Waals surface area (Å²) in [5.74, 6) is 0.526. The van der Waals surface area contributed by atoms with Gasteiger partial charge in [-0.1, -0.05) is 66.2 Å². The molecule has 2 aromatic rings. The van der Waals surface area contributed by atoms with Gasteiger partial charge in [-0.05, 0) is 23.6 Å². The molecule has 0 amide bonds. The van der Waals surface area contributed by atoms with Crippen LogP contribution in [0.25, 0.3) is 5.57 Å². The van der Waals surface area contributed by atoms with E-state index in [0.717, 1.165) is 0 Å². The summed E-state index contributed by atoms with van der Waals surface area (Å²) in [4.78, 5) is 0. The maximum atomic E-state index is 5.85. The van der Waals surface area contributed by atoms with E-state index in [9.17, 15) is 0 Å². The van der Waals surface area contributed by atoms with Crippen LogP contribution in [0.1, 0.15) is 16.7 Å². The van der Waals surface area contributed by atoms with Crippen molar-refractivity contribution < 1.29 is 0 Å². The third-order valence-corrected chi connectivity index (χ3v) is 2.88. The zero-order valence-corrected chi connectivity index (χ0v) is 10.6. The van der Waals surface area contributed by atoms with E-state index in [4.69, 9.17) is 11.6 Å². The molecule has 0 atom stereocenters. The lowest BCUT2D eigenvalue weighted by Crippen LogP contribution is -1.88. The third-order valence-electron chi connectivity index (χ3n) is 2.73. The largest absolute Gasteiger partial charge is 0.122 e. The Morgan fingerprint density at radius 3 is 2.12 bits per heavy atom. The highest BCUT2D eigenvalue weighted by atomic mass is 35.5. The van der Waals surface area contributed by atoms with Gasteiger partial charge in [0.05, 0.1) is 0 Å². The minimum Gasteiger partial charge on any atom is -0.122 e. The molecule has 0 N–H and O–H groups in total. The number of halogens is 1. The average Bonchev–Trinajstić information content (AvgIpc) is 2.38. The van der Waals surface area contributed by atoms with E-state index in [-0.39, 0.29) is 0 Å². The molecule has 86 valence electrons. The summed E-state index contributed by atoms with van der Waals surface area (Å²) in [6.07, 6.45) is 2.06. The molecule has 1 heteroatoms. The first-order valence-corrected chi connectivity index (χ1v) is 6.23. The number of alkyl halides is 1. The van der Waals surface area contributed by atoms with Gasteiger partial charge in [-0.3, -0.25) is 0 Å². The molecule has 17 heavy (non-hydrogen) atoms. The van der Waals surface area contributed by atoms with Crippen molar-refractivity contribution in [1.82, 2.24) is 0 Å². The second-order valence-electron chi connectivity index (χ2n) is 4.00. The summed E-state index contributed by atoms with van der Waals surface area (Å²) in [7, 11) is 0. The topological polar surface area (TPSA) is 0 Å². The van der Waals surface area contributed by atoms with Crippen molar-refractivity contribution in [1.29, 1.82) is 0 Å². The summed E-state index contributed by atoms with van der Waals surface area (Å²) in [6, 6.07) is 18.9. The highest BCUT2D eigenvalue weighted by molar-refractivity contribution is 6.19. The van der Waals surface area contributed by atoms with Crippen LogP contribution in [0.15, 0.2) is 60.7 Å². The Kier molecular flexibility index (Phi) is 4.00. The van der Waals surface area contributed by atoms with E-state index in [0.29, 0.717) is 5.88 Å². The molecule has 0 nitrogen and oxygen atoms in total. The molecule has 2 rings (SSSR count). The van der Waals surface area contributed by atoms with Crippen molar-refractivity contribution >= 4 is 17.2 Å². The van der Waals surface area contributed by atoms with E-state index >= 15 is 0 Å². The molecule has 0 radical (unpaired) electrons. The number of rotatable bonds is 3. The van der Waals surface area contributed by atoms with Crippen molar-refractivity contribution in [2.45, 2.75) is 6.92 Å². The fourth-order valence-electron chi connectivity index (χ4n) is 1.83. The highest BCUT2D eigenvalue weighted by Crippen LogP contribution is 2.23. The molecule has 0 unspecified atom stereocenters. The molecule has 0 fully saturated rings. The Labute approximate surface area is 108 Å². The summed E-state index contributed by atoms with van der Waals surface area (Å²) < 4.78 is 0. The second kappa shape index (κ2) is 5.70. The van der Waals surface area contributed by atoms with Crippen LogP contribution in [-0.4, -0.2) is 5.88 Å². The summed E-state index contributed by atoms with van der Waals surface area (Å²) in [5, 5.41) is 0. The zero-order chi connectivity index (χ0) is 12.1. The van der Waals surface area contributed by atoms with Gasteiger partial charge in [0, 0.05) is 5.88 Å². The summed E-state index contributed by atoms with van der Waals surface area (Å²) in [5.41, 5.74) is 4.88. The molecule has 0 saturated carbocycles. The van der Waals surface area contributed by atoms with E-state index in [1.165, 1.54) is 22.3 Å². The standard InChI is InChI=1S/C16H15Cl/c1-13-7-9-15(10-8-13)16(11-12-17)14-5-3-2-4-6-14/h2-11H,12H2,1H3. The lowest BCUT2D eigenvalue weighted by atomic mass is 9.97. The first-order valence-electron chi connectivity index (χ1n) is 5.70. The van der Waals surface area contributed by atoms with Crippen molar-refractivity contribution in [3.8, 4) is 0 Å². The first-order chi connectivity index (χ1) is 8.31. The lowest BCUT2D eigenvalue weighted by Gasteiger charge is -2.08. The van der Waals surface area contributed by atoms with Gasteiger partial charge in [0.15, 0.2) is 0 Å². The van der Waals surface area contributed by atoms with Crippen molar-refractivity contribution in [3.05, 3.63) is 77.4 Å². The Morgan fingerprint density at radius 2 is 1.53 bits per heavy atom. The molecule has 0 aliphatic rings. The van der Waals surface area contributed by atoms with Gasteiger partial charge in [-0.15, -0.1) is 11.6 Å². The van der Waals surface area contributed by atoms with Crippen LogP contribution in [0, 0.1) is 6.92 Å². The van der Waals surface area contributed by atoms with E-state index in [1.54, 1.807) is 0 Å². The van der Waals surface area contributed by atoms with Gasteiger partial charge in [-0.25, -0.2) is 0 Å². The molecule has 0 aromatic heterocycles. The van der Waals surface area contributed by atoms with Gasteiger partial charge in [0.2, 0.25) is 0 Å². The average molecular weight is 243 g/mol. The smallest absolute Gasteiger partial charge is 0.0413 e. The predicted molar refractivity (Wildman–Crippen MR) is 75.4 cm³/mol. The zero-order valence-electron chi connectivity index (χ0n) is 9.86. The van der Waals surface area contributed by atoms with Crippen LogP contribution < -0.4 is 0 Å². The van der Waals surface area contributed by atoms with Gasteiger partial charge in [0.25, 0.3) is 0 Å². The van der Waals surface area contributed by atoms with Crippen molar-refractivity contribution in [3.63, 3.8) is 0 Å². The fraction of sp³-hybridized carbons (Fsp3) is 0.125. The van der Waals surface area contributed by atoms with Crippen LogP contribution in [0.2, 0.25) is 0 Å². The molecule has 0 saturated heterocycles. The maximum Gasteiger partial charge on any atom is 0.0413 e. The minimum atomic E-state index is 0.526. The lowest BCUT2D eigenvalue weighted by molar-refractivity contribution is 1.44. The summed E-state index contributed by atoms with van der Waals surface area (Å²) in [6.45, 7) is 2.09. The molecule has 2 aromatic carbocycles. The third kappa shape index (κ3) is 2.98. The molecule has 0 spiro atoms. The monoisotopic (exact) mass is 242 g/mol. The molecule has 0 aliphatic carbocycles. The number of aryl methyl sites for hydroxylation is 1. The Balaban J connectivity index is 2.44. The fourth-order valence-corrected chi connectivity index (χ4v) is 1.98. The number of allylic oxidation sites excluding steroid dienone is 1. The number of hydrogen-bond acceptors (Lipinski definition) is 0. The van der Waals surface area contributed by atoms with Gasteiger partial charge in [-0.2, -0.15) is 0 Å². The van der Waals surface area contributed by atoms with Gasteiger partial charge < -0.3 is 0 Å². The van der Waals surface area contributed by atoms with Crippen LogP contribution >= 0.6 is 11.6 Å². The summed E-state index contributed by atoms with van der Waals surface area (Å²) >= 11 is 5.85. The van der Waals surface area contributed by atoms with Crippen LogP contribution in [0.4, 0.5) is 0 Å². The van der Waals surface area contributed by atoms with Gasteiger partial charge >= 0.3 is 0 Å². The quantitative estimate of drug-likeness (QED) is 0.687. The predicted octanol–water partition coefficient (Wildman–Crippen LogP) is 4.67.